The third-order valence-electron chi connectivity index (χ3n) is 3.56. The molecule has 0 fully saturated rings. The zero-order chi connectivity index (χ0) is 19.2. The van der Waals surface area contributed by atoms with Gasteiger partial charge in [0.05, 0.1) is 5.75 Å². The van der Waals surface area contributed by atoms with Gasteiger partial charge in [-0.3, -0.25) is 0 Å². The Labute approximate surface area is 158 Å². The molecule has 1 atom stereocenters. The third-order valence-corrected chi connectivity index (χ3v) is 5.67. The number of hydrogen-bond donors (Lipinski definition) is 1. The maximum Gasteiger partial charge on any atom is 0.249 e. The van der Waals surface area contributed by atoms with Crippen molar-refractivity contribution in [3.05, 3.63) is 24.0 Å². The minimum absolute atomic E-state index is 0.106. The van der Waals surface area contributed by atoms with E-state index in [2.05, 4.69) is 42.7 Å². The molecule has 0 saturated heterocycles. The summed E-state index contributed by atoms with van der Waals surface area (Å²) in [6, 6.07) is 5.44. The molecule has 1 heterocycles. The number of nitrogens with zero attached hydrogens (tertiary/aromatic N) is 6. The van der Waals surface area contributed by atoms with E-state index in [9.17, 15) is 8.76 Å². The number of benzene rings is 1. The Kier molecular flexibility index (Phi) is 7.18. The van der Waals surface area contributed by atoms with Crippen LogP contribution in [0.1, 0.15) is 33.0 Å². The van der Waals surface area contributed by atoms with Crippen LogP contribution in [0.5, 0.6) is 0 Å². The highest BCUT2D eigenvalue weighted by atomic mass is 32.2. The molecule has 0 aliphatic carbocycles. The Morgan fingerprint density at radius 3 is 2.50 bits per heavy atom. The molecular weight excluding hydrogens is 372 g/mol. The van der Waals surface area contributed by atoms with Crippen LogP contribution in [0.4, 0.5) is 22.2 Å². The Morgan fingerprint density at radius 1 is 1.19 bits per heavy atom. The van der Waals surface area contributed by atoms with Crippen LogP contribution in [0.25, 0.3) is 0 Å². The summed E-state index contributed by atoms with van der Waals surface area (Å²) in [5.41, 5.74) is 1.69. The van der Waals surface area contributed by atoms with Gasteiger partial charge in [0.15, 0.2) is 10.0 Å². The zero-order valence-electron chi connectivity index (χ0n) is 15.4. The first-order chi connectivity index (χ1) is 12.4. The molecule has 1 aromatic heterocycles. The summed E-state index contributed by atoms with van der Waals surface area (Å²) < 4.78 is 30.5. The Morgan fingerprint density at radius 2 is 1.92 bits per heavy atom. The molecule has 0 radical (unpaired) electrons. The van der Waals surface area contributed by atoms with E-state index in [1.807, 2.05) is 13.0 Å². The van der Waals surface area contributed by atoms with E-state index in [-0.39, 0.29) is 5.75 Å². The highest BCUT2D eigenvalue weighted by Crippen LogP contribution is 2.35. The minimum atomic E-state index is -3.31. The summed E-state index contributed by atoms with van der Waals surface area (Å²) in [7, 11) is -3.31. The standard InChI is InChI=1S/C16H24N6O2S2/c1-5-10-26(23,24)21-15-11-13(22(6-2)7-3)8-9-14(15)18-19-16-17-12(4)20-25-16/h8-9,11H,5-7,10H2,1-4H3,(H,21,23,24). The van der Waals surface area contributed by atoms with Crippen LogP contribution in [-0.2, 0) is 10.0 Å². The van der Waals surface area contributed by atoms with Gasteiger partial charge < -0.3 is 9.45 Å². The fourth-order valence-corrected chi connectivity index (χ4v) is 3.93. The fraction of sp³-hybridized carbons (Fsp3) is 0.500. The number of aromatic nitrogens is 2. The van der Waals surface area contributed by atoms with E-state index < -0.39 is 10.0 Å². The van der Waals surface area contributed by atoms with Crippen LogP contribution in [0.3, 0.4) is 0 Å². The minimum Gasteiger partial charge on any atom is -0.372 e. The molecule has 0 saturated carbocycles. The van der Waals surface area contributed by atoms with E-state index >= 15 is 0 Å². The van der Waals surface area contributed by atoms with Gasteiger partial charge in [0.2, 0.25) is 5.13 Å². The van der Waals surface area contributed by atoms with Crippen molar-refractivity contribution in [2.75, 3.05) is 23.7 Å². The SMILES string of the molecule is CCCS(=O)(O)=Nc1cc(N(CC)CC)ccc1N=Nc1nc(C)ns1. The largest absolute Gasteiger partial charge is 0.372 e. The molecule has 0 bridgehead atoms. The normalized spacial score (nSPS) is 13.7. The first-order valence-corrected chi connectivity index (χ1v) is 10.9. The molecule has 26 heavy (non-hydrogen) atoms. The van der Waals surface area contributed by atoms with Crippen molar-refractivity contribution < 1.29 is 8.76 Å². The van der Waals surface area contributed by atoms with Crippen LogP contribution >= 0.6 is 11.5 Å². The van der Waals surface area contributed by atoms with Gasteiger partial charge in [-0.1, -0.05) is 6.92 Å². The molecule has 0 amide bonds. The second kappa shape index (κ2) is 9.15. The molecule has 0 spiro atoms. The van der Waals surface area contributed by atoms with E-state index in [1.165, 1.54) is 0 Å². The van der Waals surface area contributed by atoms with E-state index in [0.717, 1.165) is 30.3 Å². The lowest BCUT2D eigenvalue weighted by molar-refractivity contribution is 0.550. The van der Waals surface area contributed by atoms with Crippen molar-refractivity contribution in [3.8, 4) is 0 Å². The summed E-state index contributed by atoms with van der Waals surface area (Å²) in [5, 5.41) is 8.67. The van der Waals surface area contributed by atoms with Crippen molar-refractivity contribution in [2.24, 2.45) is 14.6 Å². The topological polar surface area (TPSA) is 103 Å². The van der Waals surface area contributed by atoms with Crippen LogP contribution in [0, 0.1) is 6.92 Å². The molecule has 10 heteroatoms. The lowest BCUT2D eigenvalue weighted by Gasteiger charge is -2.21. The van der Waals surface area contributed by atoms with Gasteiger partial charge in [-0.2, -0.15) is 8.74 Å². The number of azo groups is 1. The predicted octanol–water partition coefficient (Wildman–Crippen LogP) is 5.09. The number of anilines is 1. The Hall–Kier alpha value is -1.91. The van der Waals surface area contributed by atoms with Crippen molar-refractivity contribution in [2.45, 2.75) is 34.1 Å². The van der Waals surface area contributed by atoms with Crippen molar-refractivity contribution >= 4 is 43.7 Å². The molecule has 2 rings (SSSR count). The number of aryl methyl sites for hydroxylation is 1. The van der Waals surface area contributed by atoms with Gasteiger partial charge >= 0.3 is 0 Å². The lowest BCUT2D eigenvalue weighted by Crippen LogP contribution is -2.21. The monoisotopic (exact) mass is 396 g/mol. The number of rotatable bonds is 8. The summed E-state index contributed by atoms with van der Waals surface area (Å²) in [5.74, 6) is 0.737. The summed E-state index contributed by atoms with van der Waals surface area (Å²) >= 11 is 1.14. The maximum atomic E-state index is 12.3. The molecule has 1 aromatic carbocycles. The second-order valence-electron chi connectivity index (χ2n) is 5.57. The predicted molar refractivity (Wildman–Crippen MR) is 107 cm³/mol. The Bertz CT molecular complexity index is 883. The molecule has 8 nitrogen and oxygen atoms in total. The van der Waals surface area contributed by atoms with Gasteiger partial charge in [-0.15, -0.1) is 10.2 Å². The highest BCUT2D eigenvalue weighted by Gasteiger charge is 2.11. The smallest absolute Gasteiger partial charge is 0.249 e. The molecule has 0 aliphatic heterocycles. The van der Waals surface area contributed by atoms with Crippen LogP contribution in [0.15, 0.2) is 32.8 Å². The molecule has 142 valence electrons. The third kappa shape index (κ3) is 5.55. The average Bonchev–Trinajstić information content (AvgIpc) is 3.00. The molecule has 1 unspecified atom stereocenters. The summed E-state index contributed by atoms with van der Waals surface area (Å²) in [6.45, 7) is 9.38. The average molecular weight is 397 g/mol. The van der Waals surface area contributed by atoms with Gasteiger partial charge in [-0.05, 0) is 45.4 Å². The van der Waals surface area contributed by atoms with Crippen molar-refractivity contribution in [1.82, 2.24) is 9.36 Å². The van der Waals surface area contributed by atoms with Crippen molar-refractivity contribution in [1.29, 1.82) is 0 Å². The summed E-state index contributed by atoms with van der Waals surface area (Å²) in [6.07, 6.45) is 0.565. The second-order valence-corrected chi connectivity index (χ2v) is 8.11. The lowest BCUT2D eigenvalue weighted by atomic mass is 10.2. The van der Waals surface area contributed by atoms with Crippen LogP contribution in [0.2, 0.25) is 0 Å². The zero-order valence-corrected chi connectivity index (χ0v) is 17.0. The van der Waals surface area contributed by atoms with Gasteiger partial charge in [0.25, 0.3) is 0 Å². The molecule has 1 N–H and O–H groups in total. The van der Waals surface area contributed by atoms with E-state index in [0.29, 0.717) is 28.8 Å². The van der Waals surface area contributed by atoms with Gasteiger partial charge in [0.1, 0.15) is 17.2 Å². The quantitative estimate of drug-likeness (QED) is 0.626. The highest BCUT2D eigenvalue weighted by molar-refractivity contribution is 7.88. The molecular formula is C16H24N6O2S2. The van der Waals surface area contributed by atoms with Gasteiger partial charge in [0, 0.05) is 30.3 Å². The first-order valence-electron chi connectivity index (χ1n) is 8.46. The van der Waals surface area contributed by atoms with Crippen LogP contribution < -0.4 is 4.90 Å². The first kappa shape index (κ1) is 20.4. The summed E-state index contributed by atoms with van der Waals surface area (Å²) in [4.78, 5) is 6.27. The van der Waals surface area contributed by atoms with E-state index in [4.69, 9.17) is 0 Å². The molecule has 0 aliphatic rings. The maximum absolute atomic E-state index is 12.3. The Balaban J connectivity index is 2.49. The van der Waals surface area contributed by atoms with Crippen LogP contribution in [-0.4, -0.2) is 37.0 Å². The fourth-order valence-electron chi connectivity index (χ4n) is 2.34. The molecule has 2 aromatic rings. The number of hydrogen-bond acceptors (Lipinski definition) is 8. The van der Waals surface area contributed by atoms with Crippen molar-refractivity contribution in [3.63, 3.8) is 0 Å². The van der Waals surface area contributed by atoms with E-state index in [1.54, 1.807) is 19.1 Å². The van der Waals surface area contributed by atoms with Gasteiger partial charge in [-0.25, -0.2) is 9.19 Å².